The number of hydrogen-bond donors (Lipinski definition) is 1. The van der Waals surface area contributed by atoms with Crippen LogP contribution in [-0.4, -0.2) is 6.54 Å². The highest BCUT2D eigenvalue weighted by atomic mass is 79.9. The van der Waals surface area contributed by atoms with Gasteiger partial charge in [0.2, 0.25) is 0 Å². The predicted octanol–water partition coefficient (Wildman–Crippen LogP) is 5.08. The topological polar surface area (TPSA) is 25.2 Å². The Morgan fingerprint density at radius 1 is 1.10 bits per heavy atom. The van der Waals surface area contributed by atoms with Crippen LogP contribution in [0.3, 0.4) is 0 Å². The number of benzene rings is 1. The van der Waals surface area contributed by atoms with E-state index in [4.69, 9.17) is 4.42 Å². The molecule has 2 nitrogen and oxygen atoms in total. The van der Waals surface area contributed by atoms with Gasteiger partial charge in [-0.25, -0.2) is 0 Å². The fourth-order valence-electron chi connectivity index (χ4n) is 2.37. The molecule has 0 spiro atoms. The van der Waals surface area contributed by atoms with Crippen LogP contribution in [-0.2, 0) is 6.42 Å². The lowest BCUT2D eigenvalue weighted by atomic mass is 9.98. The van der Waals surface area contributed by atoms with Crippen molar-refractivity contribution in [1.82, 2.24) is 5.32 Å². The number of furan rings is 1. The first-order chi connectivity index (χ1) is 9.76. The zero-order chi connectivity index (χ0) is 14.4. The van der Waals surface area contributed by atoms with Gasteiger partial charge in [-0.2, -0.15) is 0 Å². The maximum absolute atomic E-state index is 5.39. The molecule has 0 bridgehead atoms. The molecule has 2 rings (SSSR count). The summed E-state index contributed by atoms with van der Waals surface area (Å²) in [6, 6.07) is 11.1. The second-order valence-electron chi connectivity index (χ2n) is 5.03. The quantitative estimate of drug-likeness (QED) is 0.762. The highest BCUT2D eigenvalue weighted by molar-refractivity contribution is 9.10. The first-order valence-corrected chi connectivity index (χ1v) is 8.10. The Bertz CT molecular complexity index is 518. The van der Waals surface area contributed by atoms with E-state index in [2.05, 4.69) is 59.4 Å². The smallest absolute Gasteiger partial charge is 0.174 e. The van der Waals surface area contributed by atoms with E-state index in [1.807, 2.05) is 6.07 Å². The van der Waals surface area contributed by atoms with Gasteiger partial charge in [0.1, 0.15) is 0 Å². The first-order valence-electron chi connectivity index (χ1n) is 7.31. The van der Waals surface area contributed by atoms with Crippen molar-refractivity contribution in [3.63, 3.8) is 0 Å². The van der Waals surface area contributed by atoms with E-state index in [1.54, 1.807) is 6.26 Å². The van der Waals surface area contributed by atoms with E-state index in [0.29, 0.717) is 0 Å². The third-order valence-corrected chi connectivity index (χ3v) is 4.05. The third kappa shape index (κ3) is 3.74. The van der Waals surface area contributed by atoms with E-state index in [9.17, 15) is 0 Å². The van der Waals surface area contributed by atoms with Crippen LogP contribution in [0.25, 0.3) is 0 Å². The van der Waals surface area contributed by atoms with Gasteiger partial charge >= 0.3 is 0 Å². The van der Waals surface area contributed by atoms with Gasteiger partial charge in [-0.05, 0) is 52.5 Å². The van der Waals surface area contributed by atoms with E-state index >= 15 is 0 Å². The van der Waals surface area contributed by atoms with Gasteiger partial charge in [0.05, 0.1) is 12.3 Å². The van der Waals surface area contributed by atoms with Gasteiger partial charge in [0.15, 0.2) is 4.67 Å². The van der Waals surface area contributed by atoms with Gasteiger partial charge in [0, 0.05) is 5.56 Å². The van der Waals surface area contributed by atoms with Crippen molar-refractivity contribution in [2.24, 2.45) is 0 Å². The molecule has 0 amide bonds. The Morgan fingerprint density at radius 3 is 2.40 bits per heavy atom. The molecule has 2 aromatic rings. The predicted molar refractivity (Wildman–Crippen MR) is 87.0 cm³/mol. The van der Waals surface area contributed by atoms with Crippen molar-refractivity contribution in [3.8, 4) is 0 Å². The maximum atomic E-state index is 5.39. The van der Waals surface area contributed by atoms with Crippen LogP contribution in [0.1, 0.15) is 49.4 Å². The van der Waals surface area contributed by atoms with Crippen LogP contribution in [0.15, 0.2) is 45.7 Å². The highest BCUT2D eigenvalue weighted by Crippen LogP contribution is 2.29. The summed E-state index contributed by atoms with van der Waals surface area (Å²) in [5.74, 6) is 0. The van der Waals surface area contributed by atoms with Crippen molar-refractivity contribution < 1.29 is 4.42 Å². The fraction of sp³-hybridized carbons (Fsp3) is 0.412. The molecule has 0 radical (unpaired) electrons. The van der Waals surface area contributed by atoms with Crippen LogP contribution in [0.2, 0.25) is 0 Å². The number of aryl methyl sites for hydroxylation is 1. The van der Waals surface area contributed by atoms with Crippen LogP contribution >= 0.6 is 15.9 Å². The average Bonchev–Trinajstić information content (AvgIpc) is 2.88. The lowest BCUT2D eigenvalue weighted by Crippen LogP contribution is -2.23. The molecule has 1 aromatic heterocycles. The summed E-state index contributed by atoms with van der Waals surface area (Å²) in [4.78, 5) is 0. The molecule has 1 unspecified atom stereocenters. The first kappa shape index (κ1) is 15.3. The molecule has 108 valence electrons. The maximum Gasteiger partial charge on any atom is 0.174 e. The lowest BCUT2D eigenvalue weighted by molar-refractivity contribution is 0.523. The van der Waals surface area contributed by atoms with Crippen molar-refractivity contribution in [3.05, 3.63) is 58.0 Å². The molecule has 1 atom stereocenters. The monoisotopic (exact) mass is 335 g/mol. The molecule has 0 aliphatic carbocycles. The summed E-state index contributed by atoms with van der Waals surface area (Å²) >= 11 is 3.49. The number of halogens is 1. The zero-order valence-electron chi connectivity index (χ0n) is 12.2. The minimum Gasteiger partial charge on any atom is -0.457 e. The van der Waals surface area contributed by atoms with Crippen LogP contribution in [0.5, 0.6) is 0 Å². The second-order valence-corrected chi connectivity index (χ2v) is 5.75. The normalized spacial score (nSPS) is 12.6. The zero-order valence-corrected chi connectivity index (χ0v) is 13.7. The molecule has 0 fully saturated rings. The molecular weight excluding hydrogens is 314 g/mol. The van der Waals surface area contributed by atoms with Gasteiger partial charge < -0.3 is 9.73 Å². The summed E-state index contributed by atoms with van der Waals surface area (Å²) in [5, 5.41) is 3.59. The molecular formula is C17H22BrNO. The number of nitrogens with one attached hydrogen (secondary N) is 1. The van der Waals surface area contributed by atoms with Crippen molar-refractivity contribution >= 4 is 15.9 Å². The third-order valence-electron chi connectivity index (χ3n) is 3.41. The molecule has 3 heteroatoms. The number of rotatable bonds is 7. The molecule has 0 saturated heterocycles. The molecule has 0 saturated carbocycles. The molecule has 0 aliphatic heterocycles. The summed E-state index contributed by atoms with van der Waals surface area (Å²) in [5.41, 5.74) is 3.83. The van der Waals surface area contributed by atoms with Gasteiger partial charge in [-0.3, -0.25) is 0 Å². The molecule has 0 aliphatic rings. The van der Waals surface area contributed by atoms with Crippen LogP contribution in [0.4, 0.5) is 0 Å². The molecule has 1 heterocycles. The second kappa shape index (κ2) is 7.65. The molecule has 1 aromatic carbocycles. The Morgan fingerprint density at radius 2 is 1.85 bits per heavy atom. The van der Waals surface area contributed by atoms with E-state index in [0.717, 1.165) is 29.6 Å². The van der Waals surface area contributed by atoms with E-state index in [-0.39, 0.29) is 6.04 Å². The average molecular weight is 336 g/mol. The van der Waals surface area contributed by atoms with Crippen molar-refractivity contribution in [2.45, 2.75) is 39.2 Å². The van der Waals surface area contributed by atoms with Gasteiger partial charge in [-0.15, -0.1) is 0 Å². The minimum absolute atomic E-state index is 0.179. The summed E-state index contributed by atoms with van der Waals surface area (Å²) in [7, 11) is 0. The van der Waals surface area contributed by atoms with Crippen LogP contribution in [0, 0.1) is 0 Å². The standard InChI is InChI=1S/C17H22BrNO/c1-3-5-13-6-8-14(9-7-13)16(19-11-4-2)15-10-12-20-17(15)18/h6-10,12,16,19H,3-5,11H2,1-2H3. The van der Waals surface area contributed by atoms with E-state index < -0.39 is 0 Å². The van der Waals surface area contributed by atoms with Crippen LogP contribution < -0.4 is 5.32 Å². The van der Waals surface area contributed by atoms with Crippen molar-refractivity contribution in [2.75, 3.05) is 6.54 Å². The Kier molecular flexibility index (Phi) is 5.86. The SMILES string of the molecule is CCCNC(c1ccc(CCC)cc1)c1ccoc1Br. The van der Waals surface area contributed by atoms with Gasteiger partial charge in [-0.1, -0.05) is 44.5 Å². The number of hydrogen-bond acceptors (Lipinski definition) is 2. The van der Waals surface area contributed by atoms with Crippen molar-refractivity contribution in [1.29, 1.82) is 0 Å². The summed E-state index contributed by atoms with van der Waals surface area (Å²) < 4.78 is 6.19. The van der Waals surface area contributed by atoms with E-state index in [1.165, 1.54) is 17.5 Å². The Balaban J connectivity index is 2.24. The molecule has 20 heavy (non-hydrogen) atoms. The minimum atomic E-state index is 0.179. The van der Waals surface area contributed by atoms with Gasteiger partial charge in [0.25, 0.3) is 0 Å². The Hall–Kier alpha value is -1.06. The highest BCUT2D eigenvalue weighted by Gasteiger charge is 2.18. The lowest BCUT2D eigenvalue weighted by Gasteiger charge is -2.18. The molecule has 1 N–H and O–H groups in total. The summed E-state index contributed by atoms with van der Waals surface area (Å²) in [6.45, 7) is 5.37. The largest absolute Gasteiger partial charge is 0.457 e. The fourth-order valence-corrected chi connectivity index (χ4v) is 2.84. The Labute approximate surface area is 129 Å². The summed E-state index contributed by atoms with van der Waals surface area (Å²) in [6.07, 6.45) is 5.16.